The molecule has 0 saturated carbocycles. The number of hydrogen-bond donors (Lipinski definition) is 0. The number of nitrogens with zero attached hydrogens (tertiary/aromatic N) is 2. The van der Waals surface area contributed by atoms with Crippen LogP contribution in [0, 0.1) is 20.2 Å². The number of hydrogen-bond acceptors (Lipinski definition) is 6. The Hall–Kier alpha value is -1.51. The summed E-state index contributed by atoms with van der Waals surface area (Å²) in [6.45, 7) is 0. The Morgan fingerprint density at radius 1 is 1.19 bits per heavy atom. The van der Waals surface area contributed by atoms with Crippen molar-refractivity contribution < 1.29 is 19.6 Å². The van der Waals surface area contributed by atoms with E-state index in [0.717, 1.165) is 12.1 Å². The zero-order valence-electron chi connectivity index (χ0n) is 7.15. The third kappa shape index (κ3) is 3.57. The van der Waals surface area contributed by atoms with Crippen molar-refractivity contribution in [2.75, 3.05) is 0 Å². The Labute approximate surface area is 111 Å². The van der Waals surface area contributed by atoms with Gasteiger partial charge in [-0.3, -0.25) is 14.9 Å². The second kappa shape index (κ2) is 6.16. The van der Waals surface area contributed by atoms with E-state index in [0.29, 0.717) is 0 Å². The molecule has 16 heavy (non-hydrogen) atoms. The van der Waals surface area contributed by atoms with Crippen molar-refractivity contribution in [3.05, 3.63) is 50.1 Å². The van der Waals surface area contributed by atoms with Gasteiger partial charge in [0.25, 0.3) is 5.69 Å². The van der Waals surface area contributed by atoms with Crippen molar-refractivity contribution in [2.45, 2.75) is 0 Å². The van der Waals surface area contributed by atoms with Crippen molar-refractivity contribution >= 4 is 41.2 Å². The van der Waals surface area contributed by atoms with Crippen molar-refractivity contribution in [3.8, 4) is 0 Å². The van der Waals surface area contributed by atoms with E-state index < -0.39 is 27.2 Å². The molecule has 8 nitrogen and oxygen atoms in total. The molecule has 0 aliphatic rings. The van der Waals surface area contributed by atoms with Crippen LogP contribution in [-0.4, -0.2) is 45.5 Å². The third-order valence-corrected chi connectivity index (χ3v) is 1.48. The van der Waals surface area contributed by atoms with Gasteiger partial charge in [-0.25, -0.2) is 4.84 Å². The monoisotopic (exact) mass is 236 g/mol. The summed E-state index contributed by atoms with van der Waals surface area (Å²) in [6, 6.07) is 4.80. The zero-order chi connectivity index (χ0) is 11.4. The Bertz CT molecular complexity index is 435. The van der Waals surface area contributed by atoms with Gasteiger partial charge in [-0.2, -0.15) is 0 Å². The van der Waals surface area contributed by atoms with Crippen LogP contribution in [0.5, 0.6) is 0 Å². The number of rotatable bonds is 3. The summed E-state index contributed by atoms with van der Waals surface area (Å²) in [5, 5.41) is 19.0. The van der Waals surface area contributed by atoms with E-state index in [2.05, 4.69) is 4.84 Å². The second-order valence-electron chi connectivity index (χ2n) is 2.38. The second-order valence-corrected chi connectivity index (χ2v) is 2.38. The molecule has 0 bridgehead atoms. The van der Waals surface area contributed by atoms with Crippen molar-refractivity contribution in [3.63, 3.8) is 0 Å². The van der Waals surface area contributed by atoms with Crippen LogP contribution >= 0.6 is 0 Å². The van der Waals surface area contributed by atoms with Crippen LogP contribution in [-0.2, 0) is 4.84 Å². The summed E-state index contributed by atoms with van der Waals surface area (Å²) >= 11 is 0. The standard InChI is InChI=1S/C7H4N2O6.Na.H/c10-7(15-9(13)14)5-3-1-2-4-6(5)8(11)12;;/h1-4H;;. The van der Waals surface area contributed by atoms with Gasteiger partial charge in [0.1, 0.15) is 5.56 Å². The molecule has 0 unspecified atom stereocenters. The van der Waals surface area contributed by atoms with Crippen molar-refractivity contribution in [1.29, 1.82) is 0 Å². The van der Waals surface area contributed by atoms with Crippen molar-refractivity contribution in [2.24, 2.45) is 0 Å². The first kappa shape index (κ1) is 14.5. The molecule has 0 aliphatic carbocycles. The van der Waals surface area contributed by atoms with Gasteiger partial charge in [0.2, 0.25) is 0 Å². The first-order valence-corrected chi connectivity index (χ1v) is 3.62. The van der Waals surface area contributed by atoms with E-state index in [1.54, 1.807) is 0 Å². The summed E-state index contributed by atoms with van der Waals surface area (Å²) < 4.78 is 0. The van der Waals surface area contributed by atoms with E-state index in [1.807, 2.05) is 0 Å². The summed E-state index contributed by atoms with van der Waals surface area (Å²) in [5.41, 5.74) is -0.997. The maximum absolute atomic E-state index is 11.0. The molecule has 0 fully saturated rings. The molecule has 80 valence electrons. The average molecular weight is 236 g/mol. The molecule has 0 atom stereocenters. The average Bonchev–Trinajstić information content (AvgIpc) is 2.16. The summed E-state index contributed by atoms with van der Waals surface area (Å²) in [5.74, 6) is -1.37. The fourth-order valence-corrected chi connectivity index (χ4v) is 0.922. The SMILES string of the molecule is O=C(O[N+](=O)[O-])c1ccccc1[N+](=O)[O-].[NaH]. The van der Waals surface area contributed by atoms with Crippen LogP contribution < -0.4 is 0 Å². The van der Waals surface area contributed by atoms with E-state index >= 15 is 0 Å². The molecule has 0 amide bonds. The minimum atomic E-state index is -1.37. The first-order valence-electron chi connectivity index (χ1n) is 3.62. The molecule has 0 aromatic heterocycles. The molecule has 1 aromatic carbocycles. The number of benzene rings is 1. The van der Waals surface area contributed by atoms with Crippen molar-refractivity contribution in [1.82, 2.24) is 0 Å². The molecule has 0 aliphatic heterocycles. The van der Waals surface area contributed by atoms with Crippen LogP contribution in [0.1, 0.15) is 10.4 Å². The number of para-hydroxylation sites is 1. The molecule has 0 spiro atoms. The predicted molar refractivity (Wildman–Crippen MR) is 52.7 cm³/mol. The Balaban J connectivity index is 0.00000225. The predicted octanol–water partition coefficient (Wildman–Crippen LogP) is 0.295. The quantitative estimate of drug-likeness (QED) is 0.423. The molecule has 0 saturated heterocycles. The topological polar surface area (TPSA) is 113 Å². The fraction of sp³-hybridized carbons (Fsp3) is 0. The summed E-state index contributed by atoms with van der Waals surface area (Å²) in [6.07, 6.45) is 0. The molecule has 1 aromatic rings. The molecule has 0 heterocycles. The van der Waals surface area contributed by atoms with Gasteiger partial charge in [-0.05, 0) is 6.07 Å². The summed E-state index contributed by atoms with van der Waals surface area (Å²) in [7, 11) is 0. The number of nitro benzene ring substituents is 1. The van der Waals surface area contributed by atoms with Gasteiger partial charge in [0.05, 0.1) is 4.92 Å². The molecule has 0 N–H and O–H groups in total. The van der Waals surface area contributed by atoms with E-state index in [4.69, 9.17) is 0 Å². The molecule has 0 radical (unpaired) electrons. The van der Waals surface area contributed by atoms with Gasteiger partial charge in [0.15, 0.2) is 0 Å². The number of carbonyl (C=O) groups is 1. The molecule has 9 heteroatoms. The van der Waals surface area contributed by atoms with Gasteiger partial charge in [-0.1, -0.05) is 12.1 Å². The van der Waals surface area contributed by atoms with Gasteiger partial charge < -0.3 is 0 Å². The van der Waals surface area contributed by atoms with Crippen LogP contribution in [0.2, 0.25) is 0 Å². The van der Waals surface area contributed by atoms with Gasteiger partial charge >= 0.3 is 40.6 Å². The Morgan fingerprint density at radius 3 is 2.25 bits per heavy atom. The number of carbonyl (C=O) groups excluding carboxylic acids is 1. The van der Waals surface area contributed by atoms with Gasteiger partial charge in [0, 0.05) is 6.07 Å². The molecular weight excluding hydrogens is 231 g/mol. The minimum absolute atomic E-state index is 0. The van der Waals surface area contributed by atoms with Crippen LogP contribution in [0.3, 0.4) is 0 Å². The third-order valence-electron chi connectivity index (χ3n) is 1.48. The molecule has 1 rings (SSSR count). The zero-order valence-corrected chi connectivity index (χ0v) is 7.15. The van der Waals surface area contributed by atoms with Gasteiger partial charge in [-0.15, -0.1) is 10.1 Å². The Kier molecular flexibility index (Phi) is 5.57. The fourth-order valence-electron chi connectivity index (χ4n) is 0.922. The van der Waals surface area contributed by atoms with Crippen LogP contribution in [0.4, 0.5) is 5.69 Å². The van der Waals surface area contributed by atoms with E-state index in [-0.39, 0.29) is 29.6 Å². The van der Waals surface area contributed by atoms with E-state index in [9.17, 15) is 25.0 Å². The Morgan fingerprint density at radius 2 is 1.75 bits per heavy atom. The maximum atomic E-state index is 11.0. The summed E-state index contributed by atoms with van der Waals surface area (Å²) in [4.78, 5) is 34.1. The normalized spacial score (nSPS) is 8.75. The molecular formula is C7H5N2NaO6. The first-order chi connectivity index (χ1) is 7.02. The van der Waals surface area contributed by atoms with Crippen LogP contribution in [0.15, 0.2) is 24.3 Å². The number of nitro groups is 1. The van der Waals surface area contributed by atoms with Crippen LogP contribution in [0.25, 0.3) is 0 Å². The van der Waals surface area contributed by atoms with E-state index in [1.165, 1.54) is 12.1 Å².